The van der Waals surface area contributed by atoms with Gasteiger partial charge in [0.15, 0.2) is 0 Å². The van der Waals surface area contributed by atoms with E-state index in [1.165, 1.54) is 17.5 Å². The second kappa shape index (κ2) is 7.57. The molecule has 1 atom stereocenters. The third-order valence-electron chi connectivity index (χ3n) is 7.05. The zero-order valence-electron chi connectivity index (χ0n) is 18.2. The molecule has 7 nitrogen and oxygen atoms in total. The van der Waals surface area contributed by atoms with E-state index in [2.05, 4.69) is 44.9 Å². The number of aliphatic hydroxyl groups is 2. The molecule has 2 aliphatic rings. The van der Waals surface area contributed by atoms with Crippen molar-refractivity contribution in [1.29, 1.82) is 0 Å². The van der Waals surface area contributed by atoms with Crippen LogP contribution >= 0.6 is 0 Å². The van der Waals surface area contributed by atoms with Crippen LogP contribution < -0.4 is 10.5 Å². The first-order chi connectivity index (χ1) is 16.0. The van der Waals surface area contributed by atoms with Gasteiger partial charge in [0.1, 0.15) is 29.6 Å². The minimum Gasteiger partial charge on any atom is -0.485 e. The molecule has 7 heteroatoms. The van der Waals surface area contributed by atoms with Crippen molar-refractivity contribution < 1.29 is 14.9 Å². The van der Waals surface area contributed by atoms with Gasteiger partial charge in [-0.1, -0.05) is 42.5 Å². The second-order valence-corrected chi connectivity index (χ2v) is 9.23. The van der Waals surface area contributed by atoms with Gasteiger partial charge in [-0.05, 0) is 48.4 Å². The maximum absolute atomic E-state index is 10.3. The molecular formula is C26H26N4O3. The Labute approximate surface area is 191 Å². The summed E-state index contributed by atoms with van der Waals surface area (Å²) in [5.41, 5.74) is 10.3. The number of aromatic nitrogens is 3. The monoisotopic (exact) mass is 442 g/mol. The van der Waals surface area contributed by atoms with Crippen LogP contribution in [0.5, 0.6) is 5.75 Å². The number of nitrogens with zero attached hydrogens (tertiary/aromatic N) is 3. The van der Waals surface area contributed by atoms with E-state index in [1.54, 1.807) is 0 Å². The number of hydrogen-bond donors (Lipinski definition) is 3. The smallest absolute Gasteiger partial charge is 0.146 e. The number of nitrogen functional groups attached to an aromatic ring is 1. The number of aryl methyl sites for hydroxylation is 1. The number of anilines is 1. The van der Waals surface area contributed by atoms with Crippen LogP contribution in [0.25, 0.3) is 22.2 Å². The van der Waals surface area contributed by atoms with Crippen molar-refractivity contribution in [2.75, 3.05) is 12.3 Å². The number of ether oxygens (including phenoxy) is 1. The van der Waals surface area contributed by atoms with Gasteiger partial charge < -0.3 is 25.3 Å². The largest absolute Gasteiger partial charge is 0.485 e. The average molecular weight is 443 g/mol. The quantitative estimate of drug-likeness (QED) is 0.444. The summed E-state index contributed by atoms with van der Waals surface area (Å²) in [6, 6.07) is 16.7. The highest BCUT2D eigenvalue weighted by Gasteiger charge is 2.43. The van der Waals surface area contributed by atoms with Gasteiger partial charge in [0.2, 0.25) is 0 Å². The maximum Gasteiger partial charge on any atom is 0.146 e. The van der Waals surface area contributed by atoms with Crippen LogP contribution in [0.4, 0.5) is 5.82 Å². The molecule has 1 saturated carbocycles. The Morgan fingerprint density at radius 1 is 1.12 bits per heavy atom. The lowest BCUT2D eigenvalue weighted by atomic mass is 9.76. The first kappa shape index (κ1) is 20.2. The third-order valence-corrected chi connectivity index (χ3v) is 7.05. The van der Waals surface area contributed by atoms with Gasteiger partial charge in [-0.2, -0.15) is 0 Å². The Hall–Kier alpha value is -3.42. The van der Waals surface area contributed by atoms with Gasteiger partial charge in [-0.25, -0.2) is 9.97 Å². The van der Waals surface area contributed by atoms with Crippen LogP contribution in [0.2, 0.25) is 0 Å². The fourth-order valence-electron chi connectivity index (χ4n) is 5.19. The van der Waals surface area contributed by atoms with Gasteiger partial charge in [0, 0.05) is 17.8 Å². The molecule has 4 N–H and O–H groups in total. The highest BCUT2D eigenvalue weighted by molar-refractivity contribution is 6.00. The lowest BCUT2D eigenvalue weighted by molar-refractivity contribution is -0.101. The topological polar surface area (TPSA) is 106 Å². The Kier molecular flexibility index (Phi) is 4.64. The zero-order valence-corrected chi connectivity index (χ0v) is 18.2. The summed E-state index contributed by atoms with van der Waals surface area (Å²) < 4.78 is 8.48. The predicted molar refractivity (Wildman–Crippen MR) is 126 cm³/mol. The first-order valence-electron chi connectivity index (χ1n) is 11.3. The molecule has 0 unspecified atom stereocenters. The summed E-state index contributed by atoms with van der Waals surface area (Å²) >= 11 is 0. The molecule has 0 amide bonds. The molecule has 0 bridgehead atoms. The van der Waals surface area contributed by atoms with E-state index in [4.69, 9.17) is 10.5 Å². The molecule has 4 aromatic rings. The van der Waals surface area contributed by atoms with Crippen molar-refractivity contribution >= 4 is 16.9 Å². The molecular weight excluding hydrogens is 416 g/mol. The summed E-state index contributed by atoms with van der Waals surface area (Å²) in [5, 5.41) is 20.6. The summed E-state index contributed by atoms with van der Waals surface area (Å²) in [5.74, 6) is 1.31. The van der Waals surface area contributed by atoms with Crippen molar-refractivity contribution in [2.24, 2.45) is 0 Å². The van der Waals surface area contributed by atoms with E-state index >= 15 is 0 Å². The van der Waals surface area contributed by atoms with Crippen molar-refractivity contribution in [2.45, 2.75) is 43.4 Å². The molecule has 1 fully saturated rings. The minimum absolute atomic E-state index is 0.0369. The molecule has 3 heterocycles. The maximum atomic E-state index is 10.3. The van der Waals surface area contributed by atoms with Crippen molar-refractivity contribution in [3.05, 3.63) is 72.2 Å². The third kappa shape index (κ3) is 3.35. The molecule has 0 spiro atoms. The van der Waals surface area contributed by atoms with Gasteiger partial charge in [0.25, 0.3) is 0 Å². The normalized spacial score (nSPS) is 24.2. The molecule has 1 aliphatic heterocycles. The van der Waals surface area contributed by atoms with Crippen LogP contribution in [-0.4, -0.2) is 37.0 Å². The fourth-order valence-corrected chi connectivity index (χ4v) is 5.19. The predicted octanol–water partition coefficient (Wildman–Crippen LogP) is 3.81. The molecule has 0 saturated heterocycles. The van der Waals surface area contributed by atoms with E-state index in [0.29, 0.717) is 18.7 Å². The average Bonchev–Trinajstić information content (AvgIpc) is 3.22. The Morgan fingerprint density at radius 2 is 1.94 bits per heavy atom. The van der Waals surface area contributed by atoms with E-state index in [1.807, 2.05) is 24.4 Å². The molecule has 168 valence electrons. The van der Waals surface area contributed by atoms with E-state index in [0.717, 1.165) is 40.8 Å². The molecule has 6 rings (SSSR count). The number of fused-ring (bicyclic) bond motifs is 2. The minimum atomic E-state index is -1.02. The number of rotatable bonds is 4. The Morgan fingerprint density at radius 3 is 2.73 bits per heavy atom. The van der Waals surface area contributed by atoms with E-state index < -0.39 is 5.60 Å². The standard InChI is InChI=1S/C26H26N4O3/c27-24-23-20(13-30(25(23)29-15-28-24)19-11-26(32,12-19)14-31)18-7-6-17-8-9-21(33-22(17)10-18)16-4-2-1-3-5-16/h1-7,10,13,15,19,21,31-32H,8-9,11-12,14H2,(H2,27,28,29)/t19?,21-,26?/m0/s1. The number of benzene rings is 2. The van der Waals surface area contributed by atoms with Crippen LogP contribution in [0, 0.1) is 0 Å². The Bertz CT molecular complexity index is 1330. The Balaban J connectivity index is 1.40. The number of aliphatic hydroxyl groups excluding tert-OH is 1. The van der Waals surface area contributed by atoms with Crippen molar-refractivity contribution in [3.8, 4) is 16.9 Å². The summed E-state index contributed by atoms with van der Waals surface area (Å²) in [6.07, 6.45) is 6.41. The number of nitrogens with two attached hydrogens (primary N) is 1. The first-order valence-corrected chi connectivity index (χ1v) is 11.3. The van der Waals surface area contributed by atoms with Crippen LogP contribution in [0.15, 0.2) is 61.1 Å². The van der Waals surface area contributed by atoms with Gasteiger partial charge in [0.05, 0.1) is 17.6 Å². The van der Waals surface area contributed by atoms with Crippen LogP contribution in [0.1, 0.15) is 42.5 Å². The molecule has 0 radical (unpaired) electrons. The summed E-state index contributed by atoms with van der Waals surface area (Å²) in [4.78, 5) is 8.73. The van der Waals surface area contributed by atoms with Crippen LogP contribution in [-0.2, 0) is 6.42 Å². The lowest BCUT2D eigenvalue weighted by Gasteiger charge is -2.43. The SMILES string of the molecule is Nc1ncnc2c1c(-c1ccc3c(c1)O[C@H](c1ccccc1)CC3)cn2C1CC(O)(CO)C1. The van der Waals surface area contributed by atoms with E-state index in [9.17, 15) is 10.2 Å². The van der Waals surface area contributed by atoms with Gasteiger partial charge in [-0.3, -0.25) is 0 Å². The van der Waals surface area contributed by atoms with Crippen molar-refractivity contribution in [3.63, 3.8) is 0 Å². The summed E-state index contributed by atoms with van der Waals surface area (Å²) in [7, 11) is 0. The zero-order chi connectivity index (χ0) is 22.6. The van der Waals surface area contributed by atoms with E-state index in [-0.39, 0.29) is 18.8 Å². The van der Waals surface area contributed by atoms with Crippen LogP contribution in [0.3, 0.4) is 0 Å². The second-order valence-electron chi connectivity index (χ2n) is 9.23. The molecule has 1 aliphatic carbocycles. The molecule has 2 aromatic heterocycles. The number of hydrogen-bond acceptors (Lipinski definition) is 6. The van der Waals surface area contributed by atoms with Gasteiger partial charge >= 0.3 is 0 Å². The molecule has 33 heavy (non-hydrogen) atoms. The van der Waals surface area contributed by atoms with Gasteiger partial charge in [-0.15, -0.1) is 0 Å². The lowest BCUT2D eigenvalue weighted by Crippen LogP contribution is -2.47. The molecule has 2 aromatic carbocycles. The fraction of sp³-hybridized carbons (Fsp3) is 0.308. The highest BCUT2D eigenvalue weighted by atomic mass is 16.5. The highest BCUT2D eigenvalue weighted by Crippen LogP contribution is 2.45. The summed E-state index contributed by atoms with van der Waals surface area (Å²) in [6.45, 7) is -0.239. The van der Waals surface area contributed by atoms with Crippen molar-refractivity contribution in [1.82, 2.24) is 14.5 Å².